The van der Waals surface area contributed by atoms with Crippen molar-refractivity contribution < 1.29 is 9.84 Å². The monoisotopic (exact) mass is 201 g/mol. The van der Waals surface area contributed by atoms with E-state index < -0.39 is 6.10 Å². The van der Waals surface area contributed by atoms with Gasteiger partial charge in [-0.25, -0.2) is 4.98 Å². The summed E-state index contributed by atoms with van der Waals surface area (Å²) in [4.78, 5) is 4.27. The van der Waals surface area contributed by atoms with E-state index in [0.717, 1.165) is 10.7 Å². The molecule has 1 N–H and O–H groups in total. The maximum absolute atomic E-state index is 9.62. The van der Waals surface area contributed by atoms with Crippen molar-refractivity contribution in [3.8, 4) is 0 Å². The molecule has 0 aliphatic rings. The van der Waals surface area contributed by atoms with Crippen molar-refractivity contribution in [2.75, 3.05) is 7.11 Å². The average Bonchev–Trinajstić information content (AvgIpc) is 2.49. The summed E-state index contributed by atoms with van der Waals surface area (Å²) in [5.74, 6) is 0. The van der Waals surface area contributed by atoms with Crippen LogP contribution in [0.3, 0.4) is 0 Å². The minimum atomic E-state index is -0.466. The first-order valence-electron chi connectivity index (χ1n) is 4.25. The molecule has 4 heteroatoms. The SMILES string of the molecule is COC(C)C(O)Cc1csc(C)n1. The highest BCUT2D eigenvalue weighted by atomic mass is 32.1. The van der Waals surface area contributed by atoms with Crippen molar-refractivity contribution in [3.63, 3.8) is 0 Å². The van der Waals surface area contributed by atoms with Gasteiger partial charge >= 0.3 is 0 Å². The third kappa shape index (κ3) is 3.06. The van der Waals surface area contributed by atoms with Gasteiger partial charge in [0.25, 0.3) is 0 Å². The lowest BCUT2D eigenvalue weighted by atomic mass is 10.1. The summed E-state index contributed by atoms with van der Waals surface area (Å²) in [5.41, 5.74) is 0.943. The van der Waals surface area contributed by atoms with Gasteiger partial charge in [0.2, 0.25) is 0 Å². The van der Waals surface area contributed by atoms with Gasteiger partial charge in [-0.1, -0.05) is 0 Å². The fourth-order valence-corrected chi connectivity index (χ4v) is 1.66. The molecule has 0 aliphatic heterocycles. The number of hydrogen-bond acceptors (Lipinski definition) is 4. The van der Waals surface area contributed by atoms with Gasteiger partial charge in [0.05, 0.1) is 22.9 Å². The molecule has 0 aromatic carbocycles. The summed E-state index contributed by atoms with van der Waals surface area (Å²) in [5, 5.41) is 12.6. The zero-order valence-corrected chi connectivity index (χ0v) is 8.97. The molecule has 0 aliphatic carbocycles. The maximum atomic E-state index is 9.62. The Hall–Kier alpha value is -0.450. The second-order valence-electron chi connectivity index (χ2n) is 3.07. The highest BCUT2D eigenvalue weighted by molar-refractivity contribution is 7.09. The third-order valence-electron chi connectivity index (χ3n) is 2.00. The Balaban J connectivity index is 2.49. The van der Waals surface area contributed by atoms with Gasteiger partial charge in [-0.05, 0) is 13.8 Å². The Labute approximate surface area is 82.4 Å². The van der Waals surface area contributed by atoms with Gasteiger partial charge in [-0.3, -0.25) is 0 Å². The van der Waals surface area contributed by atoms with Gasteiger partial charge < -0.3 is 9.84 Å². The Kier molecular flexibility index (Phi) is 3.84. The molecule has 0 fully saturated rings. The molecule has 1 aromatic heterocycles. The molecule has 0 saturated carbocycles. The van der Waals surface area contributed by atoms with Crippen LogP contribution in [0.15, 0.2) is 5.38 Å². The van der Waals surface area contributed by atoms with Crippen molar-refractivity contribution >= 4 is 11.3 Å². The molecule has 0 amide bonds. The highest BCUT2D eigenvalue weighted by Gasteiger charge is 2.14. The largest absolute Gasteiger partial charge is 0.390 e. The van der Waals surface area contributed by atoms with Gasteiger partial charge in [-0.15, -0.1) is 11.3 Å². The number of aromatic nitrogens is 1. The van der Waals surface area contributed by atoms with Crippen molar-refractivity contribution in [1.29, 1.82) is 0 Å². The van der Waals surface area contributed by atoms with Crippen LogP contribution in [0.25, 0.3) is 0 Å². The summed E-state index contributed by atoms with van der Waals surface area (Å²) in [6.07, 6.45) is -0.0344. The quantitative estimate of drug-likeness (QED) is 0.800. The topological polar surface area (TPSA) is 42.4 Å². The fourth-order valence-electron chi connectivity index (χ4n) is 1.04. The molecule has 0 spiro atoms. The smallest absolute Gasteiger partial charge is 0.0897 e. The van der Waals surface area contributed by atoms with E-state index in [0.29, 0.717) is 6.42 Å². The predicted octanol–water partition coefficient (Wildman–Crippen LogP) is 1.39. The first kappa shape index (κ1) is 10.6. The number of aryl methyl sites for hydroxylation is 1. The van der Waals surface area contributed by atoms with Gasteiger partial charge in [-0.2, -0.15) is 0 Å². The van der Waals surface area contributed by atoms with Gasteiger partial charge in [0.1, 0.15) is 0 Å². The average molecular weight is 201 g/mol. The molecule has 74 valence electrons. The number of ether oxygens (including phenoxy) is 1. The zero-order chi connectivity index (χ0) is 9.84. The van der Waals surface area contributed by atoms with Crippen LogP contribution in [0.4, 0.5) is 0 Å². The predicted molar refractivity (Wildman–Crippen MR) is 53.0 cm³/mol. The minimum Gasteiger partial charge on any atom is -0.390 e. The van der Waals surface area contributed by atoms with E-state index in [2.05, 4.69) is 4.98 Å². The molecule has 0 bridgehead atoms. The number of aliphatic hydroxyl groups excluding tert-OH is 1. The van der Waals surface area contributed by atoms with E-state index in [1.165, 1.54) is 0 Å². The molecule has 13 heavy (non-hydrogen) atoms. The van der Waals surface area contributed by atoms with E-state index in [4.69, 9.17) is 4.74 Å². The second kappa shape index (κ2) is 4.69. The summed E-state index contributed by atoms with van der Waals surface area (Å²) in [7, 11) is 1.60. The van der Waals surface area contributed by atoms with E-state index in [1.807, 2.05) is 19.2 Å². The van der Waals surface area contributed by atoms with Gasteiger partial charge in [0, 0.05) is 18.9 Å². The van der Waals surface area contributed by atoms with E-state index in [9.17, 15) is 5.11 Å². The first-order chi connectivity index (χ1) is 6.13. The summed E-state index contributed by atoms with van der Waals surface area (Å²) in [6.45, 7) is 3.81. The molecule has 0 radical (unpaired) electrons. The highest BCUT2D eigenvalue weighted by Crippen LogP contribution is 2.11. The lowest BCUT2D eigenvalue weighted by Gasteiger charge is -2.15. The number of hydrogen-bond donors (Lipinski definition) is 1. The molecule has 3 nitrogen and oxygen atoms in total. The fraction of sp³-hybridized carbons (Fsp3) is 0.667. The summed E-state index contributed by atoms with van der Waals surface area (Å²) >= 11 is 1.60. The number of rotatable bonds is 4. The molecular weight excluding hydrogens is 186 g/mol. The van der Waals surface area contributed by atoms with Crippen LogP contribution in [0, 0.1) is 6.92 Å². The van der Waals surface area contributed by atoms with Crippen LogP contribution in [0.5, 0.6) is 0 Å². The number of methoxy groups -OCH3 is 1. The first-order valence-corrected chi connectivity index (χ1v) is 5.13. The summed E-state index contributed by atoms with van der Waals surface area (Å²) < 4.78 is 5.02. The normalized spacial score (nSPS) is 15.7. The van der Waals surface area contributed by atoms with E-state index in [-0.39, 0.29) is 6.10 Å². The third-order valence-corrected chi connectivity index (χ3v) is 2.82. The maximum Gasteiger partial charge on any atom is 0.0897 e. The number of aliphatic hydroxyl groups is 1. The number of nitrogens with zero attached hydrogens (tertiary/aromatic N) is 1. The van der Waals surface area contributed by atoms with E-state index in [1.54, 1.807) is 18.4 Å². The molecule has 1 rings (SSSR count). The lowest BCUT2D eigenvalue weighted by Crippen LogP contribution is -2.27. The van der Waals surface area contributed by atoms with Crippen molar-refractivity contribution in [3.05, 3.63) is 16.1 Å². The molecular formula is C9H15NO2S. The van der Waals surface area contributed by atoms with Crippen LogP contribution in [-0.2, 0) is 11.2 Å². The Morgan fingerprint density at radius 1 is 1.69 bits per heavy atom. The van der Waals surface area contributed by atoms with Crippen molar-refractivity contribution in [1.82, 2.24) is 4.98 Å². The molecule has 2 atom stereocenters. The van der Waals surface area contributed by atoms with E-state index >= 15 is 0 Å². The molecule has 1 aromatic rings. The van der Waals surface area contributed by atoms with Crippen LogP contribution in [-0.4, -0.2) is 29.4 Å². The molecule has 0 saturated heterocycles. The van der Waals surface area contributed by atoms with Crippen molar-refractivity contribution in [2.24, 2.45) is 0 Å². The Morgan fingerprint density at radius 3 is 2.85 bits per heavy atom. The molecule has 2 unspecified atom stereocenters. The Bertz CT molecular complexity index is 262. The Morgan fingerprint density at radius 2 is 2.38 bits per heavy atom. The van der Waals surface area contributed by atoms with Crippen LogP contribution >= 0.6 is 11.3 Å². The van der Waals surface area contributed by atoms with Crippen LogP contribution in [0.2, 0.25) is 0 Å². The second-order valence-corrected chi connectivity index (χ2v) is 4.13. The van der Waals surface area contributed by atoms with Crippen LogP contribution < -0.4 is 0 Å². The standard InChI is InChI=1S/C9H15NO2S/c1-6(12-3)9(11)4-8-5-13-7(2)10-8/h5-6,9,11H,4H2,1-3H3. The lowest BCUT2D eigenvalue weighted by molar-refractivity contribution is 0.0000121. The number of thiazole rings is 1. The van der Waals surface area contributed by atoms with Crippen LogP contribution in [0.1, 0.15) is 17.6 Å². The van der Waals surface area contributed by atoms with Gasteiger partial charge in [0.15, 0.2) is 0 Å². The minimum absolute atomic E-state index is 0.137. The van der Waals surface area contributed by atoms with Crippen molar-refractivity contribution in [2.45, 2.75) is 32.5 Å². The zero-order valence-electron chi connectivity index (χ0n) is 8.15. The molecule has 1 heterocycles. The summed E-state index contributed by atoms with van der Waals surface area (Å²) in [6, 6.07) is 0.